The zero-order valence-corrected chi connectivity index (χ0v) is 12.2. The lowest BCUT2D eigenvalue weighted by atomic mass is 10.1. The van der Waals surface area contributed by atoms with Crippen molar-refractivity contribution in [2.75, 3.05) is 0 Å². The molecular weight excluding hydrogens is 340 g/mol. The Balaban J connectivity index is 1.56. The van der Waals surface area contributed by atoms with E-state index in [0.717, 1.165) is 18.2 Å². The van der Waals surface area contributed by atoms with E-state index in [-0.39, 0.29) is 28.2 Å². The number of ether oxygens (including phenoxy) is 2. The molecule has 0 atom stereocenters. The molecule has 0 saturated heterocycles. The van der Waals surface area contributed by atoms with Crippen LogP contribution in [0.5, 0.6) is 11.5 Å². The average Bonchev–Trinajstić information content (AvgIpc) is 3.02. The summed E-state index contributed by atoms with van der Waals surface area (Å²) >= 11 is 0. The van der Waals surface area contributed by atoms with E-state index in [4.69, 9.17) is 4.84 Å². The highest BCUT2D eigenvalue weighted by Crippen LogP contribution is 2.41. The Hall–Kier alpha value is -3.49. The van der Waals surface area contributed by atoms with E-state index >= 15 is 0 Å². The number of rotatable bonds is 2. The molecule has 7 nitrogen and oxygen atoms in total. The largest absolute Gasteiger partial charge is 0.586 e. The van der Waals surface area contributed by atoms with Gasteiger partial charge in [-0.2, -0.15) is 0 Å². The third-order valence-electron chi connectivity index (χ3n) is 3.57. The van der Waals surface area contributed by atoms with Gasteiger partial charge in [0.2, 0.25) is 0 Å². The molecule has 2 aliphatic heterocycles. The van der Waals surface area contributed by atoms with Crippen molar-refractivity contribution in [1.29, 1.82) is 0 Å². The van der Waals surface area contributed by atoms with Crippen LogP contribution in [-0.4, -0.2) is 29.1 Å². The second-order valence-corrected chi connectivity index (χ2v) is 5.16. The summed E-state index contributed by atoms with van der Waals surface area (Å²) in [6.45, 7) is 0. The number of halogens is 2. The maximum absolute atomic E-state index is 13.0. The fourth-order valence-corrected chi connectivity index (χ4v) is 2.46. The highest BCUT2D eigenvalue weighted by molar-refractivity contribution is 6.21. The van der Waals surface area contributed by atoms with E-state index in [1.54, 1.807) is 12.1 Å². The van der Waals surface area contributed by atoms with Crippen LogP contribution in [0, 0.1) is 0 Å². The Kier molecular flexibility index (Phi) is 3.01. The third-order valence-corrected chi connectivity index (χ3v) is 3.57. The number of imide groups is 1. The Labute approximate surface area is 138 Å². The van der Waals surface area contributed by atoms with Crippen LogP contribution in [0.3, 0.4) is 0 Å². The van der Waals surface area contributed by atoms with Gasteiger partial charge in [-0.05, 0) is 30.3 Å². The maximum atomic E-state index is 13.0. The number of hydrogen-bond acceptors (Lipinski definition) is 6. The molecule has 0 saturated carbocycles. The van der Waals surface area contributed by atoms with Crippen molar-refractivity contribution in [2.24, 2.45) is 0 Å². The molecule has 0 radical (unpaired) electrons. The zero-order chi connectivity index (χ0) is 17.8. The summed E-state index contributed by atoms with van der Waals surface area (Å²) in [5.41, 5.74) is 0.00728. The normalized spacial score (nSPS) is 16.8. The third kappa shape index (κ3) is 2.36. The van der Waals surface area contributed by atoms with Crippen molar-refractivity contribution in [1.82, 2.24) is 5.06 Å². The molecule has 0 bridgehead atoms. The Bertz CT molecular complexity index is 907. The smallest absolute Gasteiger partial charge is 0.395 e. The zero-order valence-electron chi connectivity index (χ0n) is 12.2. The van der Waals surface area contributed by atoms with Gasteiger partial charge in [0.25, 0.3) is 11.8 Å². The topological polar surface area (TPSA) is 82.1 Å². The minimum absolute atomic E-state index is 0.102. The standard InChI is InChI=1S/C16H7F2NO6/c17-16(18)23-11-6-5-8(7-12(11)24-16)15(22)25-19-13(20)9-3-1-2-4-10(9)14(19)21/h1-7H. The number of carbonyl (C=O) groups is 3. The number of alkyl halides is 2. The second kappa shape index (κ2) is 5.00. The molecule has 2 aliphatic rings. The van der Waals surface area contributed by atoms with Gasteiger partial charge in [-0.3, -0.25) is 9.59 Å². The van der Waals surface area contributed by atoms with Crippen molar-refractivity contribution in [3.8, 4) is 11.5 Å². The molecule has 25 heavy (non-hydrogen) atoms. The first-order valence-electron chi connectivity index (χ1n) is 6.96. The van der Waals surface area contributed by atoms with Gasteiger partial charge in [0.05, 0.1) is 16.7 Å². The van der Waals surface area contributed by atoms with Gasteiger partial charge < -0.3 is 14.3 Å². The molecule has 0 fully saturated rings. The minimum atomic E-state index is -3.83. The molecule has 2 aromatic carbocycles. The van der Waals surface area contributed by atoms with Gasteiger partial charge in [-0.15, -0.1) is 8.78 Å². The number of carbonyl (C=O) groups excluding carboxylic acids is 3. The fraction of sp³-hybridized carbons (Fsp3) is 0.0625. The molecule has 2 amide bonds. The maximum Gasteiger partial charge on any atom is 0.586 e. The molecule has 0 N–H and O–H groups in total. The van der Waals surface area contributed by atoms with Gasteiger partial charge >= 0.3 is 12.3 Å². The van der Waals surface area contributed by atoms with Crippen LogP contribution >= 0.6 is 0 Å². The van der Waals surface area contributed by atoms with E-state index in [9.17, 15) is 23.2 Å². The van der Waals surface area contributed by atoms with E-state index < -0.39 is 24.1 Å². The molecule has 0 aliphatic carbocycles. The summed E-state index contributed by atoms with van der Waals surface area (Å²) in [5.74, 6) is -3.28. The number of amides is 2. The Morgan fingerprint density at radius 2 is 1.56 bits per heavy atom. The fourth-order valence-electron chi connectivity index (χ4n) is 2.46. The van der Waals surface area contributed by atoms with E-state index in [1.807, 2.05) is 0 Å². The first-order valence-corrected chi connectivity index (χ1v) is 6.96. The number of benzene rings is 2. The minimum Gasteiger partial charge on any atom is -0.395 e. The first-order chi connectivity index (χ1) is 11.9. The van der Waals surface area contributed by atoms with Crippen LogP contribution in [-0.2, 0) is 4.84 Å². The average molecular weight is 347 g/mol. The van der Waals surface area contributed by atoms with Gasteiger partial charge in [-0.1, -0.05) is 17.2 Å². The van der Waals surface area contributed by atoms with Gasteiger partial charge in [0, 0.05) is 0 Å². The first kappa shape index (κ1) is 15.1. The summed E-state index contributed by atoms with van der Waals surface area (Å²) in [6.07, 6.45) is -3.83. The van der Waals surface area contributed by atoms with Crippen LogP contribution in [0.1, 0.15) is 31.1 Å². The molecule has 0 aromatic heterocycles. The lowest BCUT2D eigenvalue weighted by molar-refractivity contribution is -0.286. The van der Waals surface area contributed by atoms with Crippen molar-refractivity contribution in [3.63, 3.8) is 0 Å². The Morgan fingerprint density at radius 3 is 2.20 bits per heavy atom. The molecule has 0 unspecified atom stereocenters. The molecule has 0 spiro atoms. The molecule has 9 heteroatoms. The Morgan fingerprint density at radius 1 is 0.960 bits per heavy atom. The predicted molar refractivity (Wildman–Crippen MR) is 75.0 cm³/mol. The summed E-state index contributed by atoms with van der Waals surface area (Å²) in [7, 11) is 0. The lowest BCUT2D eigenvalue weighted by Gasteiger charge is -2.12. The predicted octanol–water partition coefficient (Wildman–Crippen LogP) is 2.38. The van der Waals surface area contributed by atoms with Crippen molar-refractivity contribution in [3.05, 3.63) is 59.2 Å². The number of nitrogens with zero attached hydrogens (tertiary/aromatic N) is 1. The highest BCUT2D eigenvalue weighted by Gasteiger charge is 2.44. The van der Waals surface area contributed by atoms with Crippen LogP contribution in [0.4, 0.5) is 8.78 Å². The van der Waals surface area contributed by atoms with Gasteiger partial charge in [0.15, 0.2) is 11.5 Å². The molecule has 2 aromatic rings. The quantitative estimate of drug-likeness (QED) is 0.776. The van der Waals surface area contributed by atoms with Crippen LogP contribution in [0.2, 0.25) is 0 Å². The van der Waals surface area contributed by atoms with Crippen molar-refractivity contribution in [2.45, 2.75) is 6.29 Å². The second-order valence-electron chi connectivity index (χ2n) is 5.16. The summed E-state index contributed by atoms with van der Waals surface area (Å²) in [4.78, 5) is 41.2. The molecular formula is C16H7F2NO6. The molecule has 2 heterocycles. The SMILES string of the molecule is O=C(ON1C(=O)c2ccccc2C1=O)c1ccc2c(c1)OC(F)(F)O2. The number of hydrogen-bond donors (Lipinski definition) is 0. The van der Waals surface area contributed by atoms with Crippen molar-refractivity contribution < 1.29 is 37.5 Å². The van der Waals surface area contributed by atoms with Crippen LogP contribution < -0.4 is 9.47 Å². The van der Waals surface area contributed by atoms with E-state index in [2.05, 4.69) is 9.47 Å². The number of fused-ring (bicyclic) bond motifs is 2. The van der Waals surface area contributed by atoms with E-state index in [0.29, 0.717) is 5.06 Å². The number of hydroxylamine groups is 2. The van der Waals surface area contributed by atoms with Crippen molar-refractivity contribution >= 4 is 17.8 Å². The monoisotopic (exact) mass is 347 g/mol. The summed E-state index contributed by atoms with van der Waals surface area (Å²) in [6, 6.07) is 9.18. The lowest BCUT2D eigenvalue weighted by Crippen LogP contribution is -2.32. The summed E-state index contributed by atoms with van der Waals surface area (Å²) < 4.78 is 34.4. The van der Waals surface area contributed by atoms with Gasteiger partial charge in [0.1, 0.15) is 0 Å². The van der Waals surface area contributed by atoms with Crippen LogP contribution in [0.15, 0.2) is 42.5 Å². The van der Waals surface area contributed by atoms with Crippen LogP contribution in [0.25, 0.3) is 0 Å². The van der Waals surface area contributed by atoms with Gasteiger partial charge in [-0.25, -0.2) is 4.79 Å². The highest BCUT2D eigenvalue weighted by atomic mass is 19.3. The molecule has 126 valence electrons. The van der Waals surface area contributed by atoms with E-state index in [1.165, 1.54) is 12.1 Å². The molecule has 4 rings (SSSR count). The summed E-state index contributed by atoms with van der Waals surface area (Å²) in [5, 5.41) is 0.326.